The summed E-state index contributed by atoms with van der Waals surface area (Å²) in [5, 5.41) is 8.13. The number of hydrogen-bond acceptors (Lipinski definition) is 4. The van der Waals surface area contributed by atoms with E-state index in [4.69, 9.17) is 4.74 Å². The minimum absolute atomic E-state index is 0.480. The van der Waals surface area contributed by atoms with E-state index in [1.165, 1.54) is 11.3 Å². The van der Waals surface area contributed by atoms with E-state index in [0.717, 1.165) is 38.5 Å². The number of nitrogens with zero attached hydrogens (tertiary/aromatic N) is 3. The molecule has 0 amide bonds. The van der Waals surface area contributed by atoms with Crippen LogP contribution in [-0.2, 0) is 18.3 Å². The van der Waals surface area contributed by atoms with Crippen molar-refractivity contribution in [3.63, 3.8) is 0 Å². The first-order chi connectivity index (χ1) is 11.7. The number of aryl methyl sites for hydroxylation is 1. The molecule has 128 valence electrons. The predicted molar refractivity (Wildman–Crippen MR) is 94.9 cm³/mol. The van der Waals surface area contributed by atoms with Gasteiger partial charge in [-0.25, -0.2) is 0 Å². The highest BCUT2D eigenvalue weighted by atomic mass is 16.5. The summed E-state index contributed by atoms with van der Waals surface area (Å²) < 4.78 is 7.78. The lowest BCUT2D eigenvalue weighted by Crippen LogP contribution is -2.57. The first kappa shape index (κ1) is 15.7. The molecule has 2 bridgehead atoms. The van der Waals surface area contributed by atoms with E-state index in [1.54, 1.807) is 0 Å². The van der Waals surface area contributed by atoms with Crippen LogP contribution in [0.25, 0.3) is 0 Å². The Hall–Kier alpha value is -1.85. The lowest BCUT2D eigenvalue weighted by molar-refractivity contribution is -0.0513. The summed E-state index contributed by atoms with van der Waals surface area (Å²) in [5.41, 5.74) is 3.75. The second-order valence-electron chi connectivity index (χ2n) is 7.17. The molecule has 2 aliphatic heterocycles. The Morgan fingerprint density at radius 1 is 1.17 bits per heavy atom. The van der Waals surface area contributed by atoms with Crippen LogP contribution < -0.4 is 5.32 Å². The molecule has 1 aromatic carbocycles. The first-order valence-corrected chi connectivity index (χ1v) is 8.80. The van der Waals surface area contributed by atoms with Crippen LogP contribution in [0.3, 0.4) is 0 Å². The van der Waals surface area contributed by atoms with Gasteiger partial charge in [-0.3, -0.25) is 9.58 Å². The van der Waals surface area contributed by atoms with Crippen molar-refractivity contribution >= 4 is 5.69 Å². The highest BCUT2D eigenvalue weighted by Gasteiger charge is 2.40. The topological polar surface area (TPSA) is 42.3 Å². The van der Waals surface area contributed by atoms with Crippen LogP contribution in [0.15, 0.2) is 36.5 Å². The Morgan fingerprint density at radius 3 is 2.50 bits per heavy atom. The molecular weight excluding hydrogens is 300 g/mol. The quantitative estimate of drug-likeness (QED) is 0.936. The highest BCUT2D eigenvalue weighted by molar-refractivity contribution is 5.47. The molecule has 2 unspecified atom stereocenters. The number of rotatable bonds is 4. The maximum absolute atomic E-state index is 5.85. The molecule has 2 saturated heterocycles. The summed E-state index contributed by atoms with van der Waals surface area (Å²) in [6.07, 6.45) is 1.95. The molecule has 5 heteroatoms. The van der Waals surface area contributed by atoms with Crippen molar-refractivity contribution in [3.8, 4) is 0 Å². The normalized spacial score (nSPS) is 27.2. The largest absolute Gasteiger partial charge is 0.381 e. The summed E-state index contributed by atoms with van der Waals surface area (Å²) in [7, 11) is 1.99. The van der Waals surface area contributed by atoms with Gasteiger partial charge in [-0.1, -0.05) is 30.3 Å². The molecule has 5 nitrogen and oxygen atoms in total. The Labute approximate surface area is 143 Å². The standard InChI is InChI=1S/C19H26N4O/c1-14-18(8-20-22(14)2)21-19-16-10-23(11-17(19)13-24-12-16)9-15-6-4-3-5-7-15/h3-8,16-17,19,21H,9-13H2,1-2H3. The fraction of sp³-hybridized carbons (Fsp3) is 0.526. The zero-order valence-corrected chi connectivity index (χ0v) is 14.5. The van der Waals surface area contributed by atoms with Crippen molar-refractivity contribution in [1.29, 1.82) is 0 Å². The van der Waals surface area contributed by atoms with Gasteiger partial charge in [-0.2, -0.15) is 5.10 Å². The zero-order valence-electron chi connectivity index (χ0n) is 14.5. The monoisotopic (exact) mass is 326 g/mol. The molecular formula is C19H26N4O. The number of anilines is 1. The van der Waals surface area contributed by atoms with Crippen LogP contribution in [0.1, 0.15) is 11.3 Å². The van der Waals surface area contributed by atoms with Crippen molar-refractivity contribution in [2.24, 2.45) is 18.9 Å². The van der Waals surface area contributed by atoms with Crippen molar-refractivity contribution < 1.29 is 4.74 Å². The van der Waals surface area contributed by atoms with Gasteiger partial charge in [0.15, 0.2) is 0 Å². The average Bonchev–Trinajstić information content (AvgIpc) is 2.88. The van der Waals surface area contributed by atoms with Crippen molar-refractivity contribution in [3.05, 3.63) is 47.8 Å². The third-order valence-electron chi connectivity index (χ3n) is 5.47. The number of likely N-dealkylation sites (tertiary alicyclic amines) is 1. The molecule has 4 rings (SSSR count). The molecule has 2 aromatic rings. The SMILES string of the molecule is Cc1c(NC2C3COCC2CN(Cc2ccccc2)C3)cnn1C. The van der Waals surface area contributed by atoms with Crippen LogP contribution in [0.2, 0.25) is 0 Å². The Morgan fingerprint density at radius 2 is 1.88 bits per heavy atom. The van der Waals surface area contributed by atoms with E-state index < -0.39 is 0 Å². The number of hydrogen-bond donors (Lipinski definition) is 1. The predicted octanol–water partition coefficient (Wildman–Crippen LogP) is 2.29. The summed E-state index contributed by atoms with van der Waals surface area (Å²) in [4.78, 5) is 2.58. The Bertz CT molecular complexity index is 670. The average molecular weight is 326 g/mol. The molecule has 3 heterocycles. The number of fused-ring (bicyclic) bond motifs is 2. The molecule has 0 radical (unpaired) electrons. The van der Waals surface area contributed by atoms with E-state index >= 15 is 0 Å². The van der Waals surface area contributed by atoms with Gasteiger partial charge in [-0.15, -0.1) is 0 Å². The van der Waals surface area contributed by atoms with Gasteiger partial charge in [0.1, 0.15) is 0 Å². The van der Waals surface area contributed by atoms with Crippen LogP contribution in [0, 0.1) is 18.8 Å². The molecule has 24 heavy (non-hydrogen) atoms. The fourth-order valence-corrected chi connectivity index (χ4v) is 4.06. The summed E-state index contributed by atoms with van der Waals surface area (Å²) in [5.74, 6) is 1.06. The molecule has 2 fully saturated rings. The fourth-order valence-electron chi connectivity index (χ4n) is 4.06. The van der Waals surface area contributed by atoms with Gasteiger partial charge in [0.05, 0.1) is 30.8 Å². The lowest BCUT2D eigenvalue weighted by atomic mass is 9.82. The zero-order chi connectivity index (χ0) is 16.5. The van der Waals surface area contributed by atoms with Crippen molar-refractivity contribution in [1.82, 2.24) is 14.7 Å². The number of aromatic nitrogens is 2. The Kier molecular flexibility index (Phi) is 4.29. The molecule has 0 saturated carbocycles. The van der Waals surface area contributed by atoms with Gasteiger partial charge in [0, 0.05) is 44.6 Å². The number of piperidine rings is 1. The number of benzene rings is 1. The van der Waals surface area contributed by atoms with E-state index in [0.29, 0.717) is 17.9 Å². The number of nitrogens with one attached hydrogen (secondary N) is 1. The molecule has 1 N–H and O–H groups in total. The smallest absolute Gasteiger partial charge is 0.0758 e. The van der Waals surface area contributed by atoms with Gasteiger partial charge >= 0.3 is 0 Å². The third kappa shape index (κ3) is 3.06. The molecule has 0 spiro atoms. The molecule has 1 aromatic heterocycles. The minimum atomic E-state index is 0.480. The molecule has 2 aliphatic rings. The van der Waals surface area contributed by atoms with Crippen molar-refractivity contribution in [2.45, 2.75) is 19.5 Å². The van der Waals surface area contributed by atoms with E-state index in [9.17, 15) is 0 Å². The van der Waals surface area contributed by atoms with Gasteiger partial charge in [0.2, 0.25) is 0 Å². The highest BCUT2D eigenvalue weighted by Crippen LogP contribution is 2.31. The van der Waals surface area contributed by atoms with Gasteiger partial charge in [0.25, 0.3) is 0 Å². The van der Waals surface area contributed by atoms with E-state index in [-0.39, 0.29) is 0 Å². The third-order valence-corrected chi connectivity index (χ3v) is 5.47. The summed E-state index contributed by atoms with van der Waals surface area (Å²) >= 11 is 0. The van der Waals surface area contributed by atoms with E-state index in [2.05, 4.69) is 52.6 Å². The lowest BCUT2D eigenvalue weighted by Gasteiger charge is -2.47. The van der Waals surface area contributed by atoms with Crippen LogP contribution >= 0.6 is 0 Å². The second-order valence-corrected chi connectivity index (χ2v) is 7.17. The van der Waals surface area contributed by atoms with Gasteiger partial charge < -0.3 is 10.1 Å². The van der Waals surface area contributed by atoms with Crippen LogP contribution in [-0.4, -0.2) is 47.0 Å². The second kappa shape index (κ2) is 6.57. The first-order valence-electron chi connectivity index (χ1n) is 8.80. The maximum atomic E-state index is 5.85. The Balaban J connectivity index is 1.46. The van der Waals surface area contributed by atoms with Gasteiger partial charge in [-0.05, 0) is 12.5 Å². The summed E-state index contributed by atoms with van der Waals surface area (Å²) in [6, 6.07) is 11.2. The van der Waals surface area contributed by atoms with E-state index in [1.807, 2.05) is 17.9 Å². The maximum Gasteiger partial charge on any atom is 0.0758 e. The van der Waals surface area contributed by atoms with Crippen molar-refractivity contribution in [2.75, 3.05) is 31.6 Å². The minimum Gasteiger partial charge on any atom is -0.381 e. The molecule has 0 aliphatic carbocycles. The van der Waals surface area contributed by atoms with Crippen LogP contribution in [0.5, 0.6) is 0 Å². The molecule has 2 atom stereocenters. The summed E-state index contributed by atoms with van der Waals surface area (Å²) in [6.45, 7) is 7.01. The van der Waals surface area contributed by atoms with Crippen LogP contribution in [0.4, 0.5) is 5.69 Å². The number of ether oxygens (including phenoxy) is 1.